The van der Waals surface area contributed by atoms with Crippen molar-refractivity contribution in [3.63, 3.8) is 0 Å². The molecule has 0 saturated carbocycles. The summed E-state index contributed by atoms with van der Waals surface area (Å²) in [6.45, 7) is 6.39. The highest BCUT2D eigenvalue weighted by atomic mass is 16.5. The topological polar surface area (TPSA) is 12.5 Å². The Hall–Kier alpha value is -0.0800. The predicted molar refractivity (Wildman–Crippen MR) is 37.2 cm³/mol. The summed E-state index contributed by atoms with van der Waals surface area (Å²) < 4.78 is 5.51. The zero-order valence-corrected chi connectivity index (χ0v) is 6.59. The van der Waals surface area contributed by atoms with Gasteiger partial charge in [-0.1, -0.05) is 0 Å². The molecule has 0 aliphatic carbocycles. The van der Waals surface area contributed by atoms with Crippen LogP contribution >= 0.6 is 0 Å². The molecule has 1 heterocycles. The summed E-state index contributed by atoms with van der Waals surface area (Å²) in [7, 11) is 2.10. The first-order valence-corrected chi connectivity index (χ1v) is 3.50. The first kappa shape index (κ1) is 7.03. The van der Waals surface area contributed by atoms with Gasteiger partial charge in [0.15, 0.2) is 0 Å². The van der Waals surface area contributed by atoms with Gasteiger partial charge >= 0.3 is 0 Å². The molecule has 0 aromatic carbocycles. The maximum absolute atomic E-state index is 5.51. The molecule has 2 heteroatoms. The molecule has 0 aromatic heterocycles. The van der Waals surface area contributed by atoms with Crippen LogP contribution in [0.3, 0.4) is 0 Å². The molecule has 1 aliphatic heterocycles. The summed E-state index contributed by atoms with van der Waals surface area (Å²) in [5.41, 5.74) is 0. The van der Waals surface area contributed by atoms with Gasteiger partial charge in [-0.15, -0.1) is 0 Å². The van der Waals surface area contributed by atoms with E-state index in [1.165, 1.54) is 0 Å². The van der Waals surface area contributed by atoms with Gasteiger partial charge in [-0.05, 0) is 27.8 Å². The molecule has 1 rings (SSSR count). The van der Waals surface area contributed by atoms with Gasteiger partial charge in [0.25, 0.3) is 0 Å². The Kier molecular flexibility index (Phi) is 1.78. The maximum atomic E-state index is 5.51. The van der Waals surface area contributed by atoms with E-state index in [9.17, 15) is 0 Å². The van der Waals surface area contributed by atoms with Crippen molar-refractivity contribution in [2.24, 2.45) is 0 Å². The van der Waals surface area contributed by atoms with Crippen molar-refractivity contribution in [2.75, 3.05) is 7.05 Å². The van der Waals surface area contributed by atoms with Crippen molar-refractivity contribution in [2.45, 2.75) is 39.1 Å². The zero-order valence-electron chi connectivity index (χ0n) is 6.59. The molecule has 0 N–H and O–H groups in total. The third-order valence-corrected chi connectivity index (χ3v) is 2.31. The highest BCUT2D eigenvalue weighted by molar-refractivity contribution is 4.78. The lowest BCUT2D eigenvalue weighted by molar-refractivity contribution is 0.0287. The van der Waals surface area contributed by atoms with E-state index in [0.717, 1.165) is 0 Å². The largest absolute Gasteiger partial charge is 0.359 e. The van der Waals surface area contributed by atoms with Crippen molar-refractivity contribution < 1.29 is 4.74 Å². The van der Waals surface area contributed by atoms with Gasteiger partial charge in [-0.3, -0.25) is 4.90 Å². The smallest absolute Gasteiger partial charge is 0.108 e. The summed E-state index contributed by atoms with van der Waals surface area (Å²) >= 11 is 0. The predicted octanol–water partition coefficient (Wildman–Crippen LogP) is 1.07. The van der Waals surface area contributed by atoms with Crippen LogP contribution in [0.15, 0.2) is 0 Å². The minimum atomic E-state index is 0.301. The Morgan fingerprint density at radius 2 is 1.78 bits per heavy atom. The number of likely N-dealkylation sites (N-methyl/N-ethyl adjacent to an activating group) is 1. The van der Waals surface area contributed by atoms with Crippen LogP contribution in [-0.2, 0) is 4.74 Å². The average Bonchev–Trinajstić information content (AvgIpc) is 1.98. The second kappa shape index (κ2) is 2.27. The summed E-state index contributed by atoms with van der Waals surface area (Å²) in [6.07, 6.45) is 0.694. The second-order valence-corrected chi connectivity index (χ2v) is 2.85. The first-order chi connectivity index (χ1) is 4.13. The molecule has 1 saturated heterocycles. The van der Waals surface area contributed by atoms with Crippen molar-refractivity contribution in [1.29, 1.82) is 0 Å². The SMILES string of the molecule is CC1OC(C)N(C)C1C. The Balaban J connectivity index is 2.54. The standard InChI is InChI=1S/C7H15NO/c1-5-6(2)9-7(3)8(5)4/h5-7H,1-4H3. The molecule has 54 valence electrons. The Morgan fingerprint density at radius 1 is 1.22 bits per heavy atom. The summed E-state index contributed by atoms with van der Waals surface area (Å²) in [5, 5.41) is 0. The van der Waals surface area contributed by atoms with Crippen LogP contribution < -0.4 is 0 Å². The van der Waals surface area contributed by atoms with Crippen molar-refractivity contribution in [3.8, 4) is 0 Å². The molecule has 3 atom stereocenters. The fourth-order valence-corrected chi connectivity index (χ4v) is 1.18. The van der Waals surface area contributed by atoms with E-state index in [-0.39, 0.29) is 0 Å². The van der Waals surface area contributed by atoms with E-state index in [4.69, 9.17) is 4.74 Å². The van der Waals surface area contributed by atoms with Gasteiger partial charge in [0.1, 0.15) is 6.23 Å². The third kappa shape index (κ3) is 1.10. The molecule has 0 amide bonds. The Morgan fingerprint density at radius 3 is 1.89 bits per heavy atom. The van der Waals surface area contributed by atoms with Gasteiger partial charge in [0.05, 0.1) is 6.10 Å². The number of ether oxygens (including phenoxy) is 1. The van der Waals surface area contributed by atoms with Crippen LogP contribution in [0.5, 0.6) is 0 Å². The number of nitrogens with zero attached hydrogens (tertiary/aromatic N) is 1. The first-order valence-electron chi connectivity index (χ1n) is 3.50. The number of rotatable bonds is 0. The fourth-order valence-electron chi connectivity index (χ4n) is 1.18. The lowest BCUT2D eigenvalue weighted by atomic mass is 10.2. The Bertz CT molecular complexity index is 93.1. The van der Waals surface area contributed by atoms with E-state index in [2.05, 4.69) is 32.7 Å². The minimum absolute atomic E-state index is 0.301. The summed E-state index contributed by atoms with van der Waals surface area (Å²) in [6, 6.07) is 0.569. The second-order valence-electron chi connectivity index (χ2n) is 2.85. The summed E-state index contributed by atoms with van der Waals surface area (Å²) in [5.74, 6) is 0. The molecule has 1 aliphatic rings. The van der Waals surface area contributed by atoms with Crippen molar-refractivity contribution >= 4 is 0 Å². The molecule has 2 nitrogen and oxygen atoms in total. The summed E-state index contributed by atoms with van der Waals surface area (Å²) in [4.78, 5) is 2.24. The van der Waals surface area contributed by atoms with Crippen molar-refractivity contribution in [3.05, 3.63) is 0 Å². The third-order valence-electron chi connectivity index (χ3n) is 2.31. The minimum Gasteiger partial charge on any atom is -0.359 e. The van der Waals surface area contributed by atoms with E-state index >= 15 is 0 Å². The molecule has 9 heavy (non-hydrogen) atoms. The molecule has 1 fully saturated rings. The van der Waals surface area contributed by atoms with E-state index < -0.39 is 0 Å². The van der Waals surface area contributed by atoms with Gasteiger partial charge in [0, 0.05) is 6.04 Å². The lowest BCUT2D eigenvalue weighted by Crippen LogP contribution is -2.30. The van der Waals surface area contributed by atoms with Crippen molar-refractivity contribution in [1.82, 2.24) is 4.90 Å². The molecule has 0 aromatic rings. The van der Waals surface area contributed by atoms with Crippen LogP contribution in [0, 0.1) is 0 Å². The van der Waals surface area contributed by atoms with E-state index in [1.54, 1.807) is 0 Å². The van der Waals surface area contributed by atoms with Crippen LogP contribution in [0.1, 0.15) is 20.8 Å². The lowest BCUT2D eigenvalue weighted by Gasteiger charge is -2.16. The zero-order chi connectivity index (χ0) is 7.02. The highest BCUT2D eigenvalue weighted by Gasteiger charge is 2.30. The average molecular weight is 129 g/mol. The highest BCUT2D eigenvalue weighted by Crippen LogP contribution is 2.19. The molecule has 0 spiro atoms. The number of hydrogen-bond acceptors (Lipinski definition) is 2. The van der Waals surface area contributed by atoms with Gasteiger partial charge in [-0.2, -0.15) is 0 Å². The van der Waals surface area contributed by atoms with E-state index in [1.807, 2.05) is 0 Å². The number of hydrogen-bond donors (Lipinski definition) is 0. The van der Waals surface area contributed by atoms with E-state index in [0.29, 0.717) is 18.4 Å². The van der Waals surface area contributed by atoms with Crippen LogP contribution in [0.25, 0.3) is 0 Å². The van der Waals surface area contributed by atoms with Crippen LogP contribution in [0.4, 0.5) is 0 Å². The van der Waals surface area contributed by atoms with Gasteiger partial charge in [0.2, 0.25) is 0 Å². The van der Waals surface area contributed by atoms with Crippen LogP contribution in [0.2, 0.25) is 0 Å². The quantitative estimate of drug-likeness (QED) is 0.485. The van der Waals surface area contributed by atoms with Gasteiger partial charge < -0.3 is 4.74 Å². The van der Waals surface area contributed by atoms with Crippen LogP contribution in [-0.4, -0.2) is 30.3 Å². The molecular weight excluding hydrogens is 114 g/mol. The fraction of sp³-hybridized carbons (Fsp3) is 1.00. The molecule has 3 unspecified atom stereocenters. The van der Waals surface area contributed by atoms with Gasteiger partial charge in [-0.25, -0.2) is 0 Å². The monoisotopic (exact) mass is 129 g/mol. The molecule has 0 radical (unpaired) electrons. The molecular formula is C7H15NO. The maximum Gasteiger partial charge on any atom is 0.108 e. The Labute approximate surface area is 56.8 Å². The molecule has 0 bridgehead atoms. The normalized spacial score (nSPS) is 46.0.